The van der Waals surface area contributed by atoms with Crippen molar-refractivity contribution in [2.75, 3.05) is 48.5 Å². The van der Waals surface area contributed by atoms with E-state index in [-0.39, 0.29) is 11.3 Å². The molecule has 0 spiro atoms. The number of nitrogens with one attached hydrogen (secondary N) is 3. The molecular weight excluding hydrogens is 511 g/mol. The van der Waals surface area contributed by atoms with E-state index in [9.17, 15) is 18.0 Å². The summed E-state index contributed by atoms with van der Waals surface area (Å²) in [5, 5.41) is 8.60. The normalized spacial score (nSPS) is 16.3. The number of halogens is 3. The first-order chi connectivity index (χ1) is 18.5. The molecule has 4 heterocycles. The number of hydrazine groups is 2. The minimum absolute atomic E-state index is 0.0704. The molecule has 2 aromatic heterocycles. The lowest BCUT2D eigenvalue weighted by atomic mass is 10.1. The molecule has 1 saturated heterocycles. The van der Waals surface area contributed by atoms with E-state index in [0.717, 1.165) is 42.2 Å². The maximum atomic E-state index is 13.7. The highest BCUT2D eigenvalue weighted by molar-refractivity contribution is 6.05. The van der Waals surface area contributed by atoms with E-state index in [1.807, 2.05) is 32.1 Å². The molecular formula is C26H30F3N9O. The number of likely N-dealkylation sites (N-methyl/N-ethyl adjacent to an activating group) is 1. The highest BCUT2D eigenvalue weighted by atomic mass is 19.4. The fourth-order valence-corrected chi connectivity index (χ4v) is 4.53. The van der Waals surface area contributed by atoms with Gasteiger partial charge in [0.05, 0.1) is 34.4 Å². The summed E-state index contributed by atoms with van der Waals surface area (Å²) in [6.45, 7) is 6.43. The molecule has 1 aromatic carbocycles. The van der Waals surface area contributed by atoms with Crippen LogP contribution in [0.25, 0.3) is 5.70 Å². The zero-order chi connectivity index (χ0) is 27.9. The lowest BCUT2D eigenvalue weighted by Gasteiger charge is -2.34. The zero-order valence-electron chi connectivity index (χ0n) is 22.1. The molecule has 3 N–H and O–H groups in total. The van der Waals surface area contributed by atoms with Crippen LogP contribution in [-0.4, -0.2) is 58.8 Å². The highest BCUT2D eigenvalue weighted by Gasteiger charge is 2.32. The van der Waals surface area contributed by atoms with Crippen molar-refractivity contribution in [2.45, 2.75) is 20.0 Å². The lowest BCUT2D eigenvalue weighted by molar-refractivity contribution is -0.137. The fraction of sp³-hybridized carbons (Fsp3) is 0.346. The zero-order valence-corrected chi connectivity index (χ0v) is 22.1. The topological polar surface area (TPSA) is 93.6 Å². The van der Waals surface area contributed by atoms with Gasteiger partial charge in [0.1, 0.15) is 0 Å². The number of aryl methyl sites for hydroxylation is 2. The monoisotopic (exact) mass is 541 g/mol. The van der Waals surface area contributed by atoms with Crippen LogP contribution in [0.15, 0.2) is 42.9 Å². The first kappa shape index (κ1) is 26.5. The van der Waals surface area contributed by atoms with Crippen LogP contribution in [0.2, 0.25) is 0 Å². The number of nitrogens with zero attached hydrogens (tertiary/aromatic N) is 6. The molecule has 0 saturated carbocycles. The Morgan fingerprint density at radius 1 is 1.03 bits per heavy atom. The van der Waals surface area contributed by atoms with Crippen molar-refractivity contribution in [1.29, 1.82) is 0 Å². The number of carbonyl (C=O) groups excluding carboxylic acids is 1. The van der Waals surface area contributed by atoms with Gasteiger partial charge in [0.25, 0.3) is 5.91 Å². The van der Waals surface area contributed by atoms with Gasteiger partial charge in [-0.2, -0.15) is 18.3 Å². The predicted molar refractivity (Wildman–Crippen MR) is 143 cm³/mol. The van der Waals surface area contributed by atoms with Crippen molar-refractivity contribution in [2.24, 2.45) is 7.05 Å². The van der Waals surface area contributed by atoms with Crippen molar-refractivity contribution in [1.82, 2.24) is 30.6 Å². The number of hydrogen-bond donors (Lipinski definition) is 3. The summed E-state index contributed by atoms with van der Waals surface area (Å²) >= 11 is 0. The van der Waals surface area contributed by atoms with E-state index in [4.69, 9.17) is 0 Å². The first-order valence-electron chi connectivity index (χ1n) is 12.4. The molecule has 10 nitrogen and oxygen atoms in total. The second-order valence-corrected chi connectivity index (χ2v) is 9.76. The van der Waals surface area contributed by atoms with E-state index < -0.39 is 17.6 Å². The van der Waals surface area contributed by atoms with Crippen molar-refractivity contribution in [3.05, 3.63) is 70.9 Å². The summed E-state index contributed by atoms with van der Waals surface area (Å²) in [5.74, 6) is -0.563. The van der Waals surface area contributed by atoms with Crippen molar-refractivity contribution < 1.29 is 18.0 Å². The summed E-state index contributed by atoms with van der Waals surface area (Å²) < 4.78 is 42.9. The highest BCUT2D eigenvalue weighted by Crippen LogP contribution is 2.35. The molecule has 206 valence electrons. The molecule has 0 aliphatic carbocycles. The largest absolute Gasteiger partial charge is 0.416 e. The molecule has 0 bridgehead atoms. The number of aromatic nitrogens is 3. The Morgan fingerprint density at radius 2 is 1.77 bits per heavy atom. The molecule has 0 atom stereocenters. The van der Waals surface area contributed by atoms with Crippen LogP contribution in [0.5, 0.6) is 0 Å². The number of hydrogen-bond acceptors (Lipinski definition) is 8. The van der Waals surface area contributed by atoms with E-state index in [1.165, 1.54) is 6.20 Å². The molecule has 2 aliphatic heterocycles. The van der Waals surface area contributed by atoms with Gasteiger partial charge in [0.2, 0.25) is 0 Å². The number of alkyl halides is 3. The van der Waals surface area contributed by atoms with Gasteiger partial charge in [-0.3, -0.25) is 19.5 Å². The van der Waals surface area contributed by atoms with Gasteiger partial charge in [-0.1, -0.05) is 0 Å². The van der Waals surface area contributed by atoms with Crippen LogP contribution in [-0.2, 0) is 13.2 Å². The summed E-state index contributed by atoms with van der Waals surface area (Å²) in [7, 11) is 3.83. The number of carbonyl (C=O) groups is 1. The average Bonchev–Trinajstić information content (AvgIpc) is 3.50. The number of benzene rings is 1. The van der Waals surface area contributed by atoms with Gasteiger partial charge in [0, 0.05) is 68.3 Å². The van der Waals surface area contributed by atoms with Gasteiger partial charge in [0.15, 0.2) is 0 Å². The molecule has 39 heavy (non-hydrogen) atoms. The Balaban J connectivity index is 1.39. The number of rotatable bonds is 5. The Morgan fingerprint density at radius 3 is 2.44 bits per heavy atom. The third-order valence-corrected chi connectivity index (χ3v) is 7.05. The summed E-state index contributed by atoms with van der Waals surface area (Å²) in [6.07, 6.45) is 0.429. The van der Waals surface area contributed by atoms with Crippen LogP contribution >= 0.6 is 0 Å². The SMILES string of the molecule is Cc1ncc(C(=O)Nc2cc(N3CCN(C)CC3)cc(C(F)(F)F)c2)cc1N1C=C(c2cnn(C)c2C)NN1. The second-order valence-electron chi connectivity index (χ2n) is 9.76. The number of piperazine rings is 1. The molecule has 5 rings (SSSR count). The van der Waals surface area contributed by atoms with Gasteiger partial charge in [-0.15, -0.1) is 5.53 Å². The Bertz CT molecular complexity index is 1420. The summed E-state index contributed by atoms with van der Waals surface area (Å²) in [6, 6.07) is 5.30. The second kappa shape index (κ2) is 10.2. The molecule has 0 radical (unpaired) electrons. The van der Waals surface area contributed by atoms with Gasteiger partial charge < -0.3 is 20.5 Å². The fourth-order valence-electron chi connectivity index (χ4n) is 4.53. The van der Waals surface area contributed by atoms with Crippen molar-refractivity contribution in [3.8, 4) is 0 Å². The lowest BCUT2D eigenvalue weighted by Crippen LogP contribution is -2.44. The molecule has 2 aliphatic rings. The first-order valence-corrected chi connectivity index (χ1v) is 12.4. The minimum Gasteiger partial charge on any atom is -0.369 e. The quantitative estimate of drug-likeness (QED) is 0.453. The van der Waals surface area contributed by atoms with Crippen molar-refractivity contribution in [3.63, 3.8) is 0 Å². The van der Waals surface area contributed by atoms with Crippen LogP contribution in [0, 0.1) is 13.8 Å². The van der Waals surface area contributed by atoms with E-state index >= 15 is 0 Å². The maximum absolute atomic E-state index is 13.7. The van der Waals surface area contributed by atoms with Gasteiger partial charge in [-0.25, -0.2) is 0 Å². The summed E-state index contributed by atoms with van der Waals surface area (Å²) in [4.78, 5) is 21.6. The van der Waals surface area contributed by atoms with Crippen LogP contribution in [0.1, 0.15) is 32.9 Å². The van der Waals surface area contributed by atoms with E-state index in [0.29, 0.717) is 30.2 Å². The standard InChI is InChI=1S/C26H30F3N9O/c1-16-24(38-15-23(33-34-38)22-14-31-36(4)17(22)2)9-18(13-30-16)25(39)32-20-10-19(26(27,28)29)11-21(12-20)37-7-5-35(3)6-8-37/h9-15,33-34H,5-8H2,1-4H3,(H,32,39). The summed E-state index contributed by atoms with van der Waals surface area (Å²) in [5.41, 5.74) is 9.93. The Hall–Kier alpha value is -4.10. The maximum Gasteiger partial charge on any atom is 0.416 e. The Labute approximate surface area is 224 Å². The Kier molecular flexibility index (Phi) is 6.95. The predicted octanol–water partition coefficient (Wildman–Crippen LogP) is 3.28. The number of amides is 1. The average molecular weight is 542 g/mol. The molecule has 3 aromatic rings. The van der Waals surface area contributed by atoms with Crippen LogP contribution in [0.4, 0.5) is 30.2 Å². The van der Waals surface area contributed by atoms with Crippen molar-refractivity contribution >= 4 is 28.7 Å². The van der Waals surface area contributed by atoms with E-state index in [2.05, 4.69) is 31.3 Å². The molecule has 1 fully saturated rings. The number of pyridine rings is 1. The third-order valence-electron chi connectivity index (χ3n) is 7.05. The molecule has 13 heteroatoms. The number of anilines is 3. The van der Waals surface area contributed by atoms with Crippen LogP contribution in [0.3, 0.4) is 0 Å². The molecule has 1 amide bonds. The molecule has 0 unspecified atom stereocenters. The van der Waals surface area contributed by atoms with Crippen LogP contribution < -0.4 is 26.2 Å². The smallest absolute Gasteiger partial charge is 0.369 e. The third kappa shape index (κ3) is 5.54. The van der Waals surface area contributed by atoms with Gasteiger partial charge in [-0.05, 0) is 45.2 Å². The van der Waals surface area contributed by atoms with Gasteiger partial charge >= 0.3 is 6.18 Å². The minimum atomic E-state index is -4.55. The van der Waals surface area contributed by atoms with E-state index in [1.54, 1.807) is 34.9 Å².